The maximum Gasteiger partial charge on any atom is 0.248 e. The summed E-state index contributed by atoms with van der Waals surface area (Å²) < 4.78 is 0. The molecule has 4 nitrogen and oxygen atoms in total. The number of hydrogen-bond acceptors (Lipinski definition) is 3. The van der Waals surface area contributed by atoms with Crippen LogP contribution in [-0.2, 0) is 10.3 Å². The van der Waals surface area contributed by atoms with Crippen LogP contribution in [0.2, 0.25) is 5.15 Å². The Balaban J connectivity index is 2.28. The number of nitrogens with two attached hydrogens (primary N) is 1. The van der Waals surface area contributed by atoms with Gasteiger partial charge in [-0.2, -0.15) is 0 Å². The van der Waals surface area contributed by atoms with Crippen molar-refractivity contribution in [1.29, 1.82) is 0 Å². The van der Waals surface area contributed by atoms with Gasteiger partial charge in [0.2, 0.25) is 5.91 Å². The Labute approximate surface area is 123 Å². The maximum absolute atomic E-state index is 12.4. The number of nitrogens with zero attached hydrogens (tertiary/aromatic N) is 1. The monoisotopic (exact) mass is 289 g/mol. The highest BCUT2D eigenvalue weighted by atomic mass is 35.5. The zero-order valence-electron chi connectivity index (χ0n) is 11.4. The topological polar surface area (TPSA) is 68.0 Å². The number of halogens is 1. The van der Waals surface area contributed by atoms with Gasteiger partial charge in [0.1, 0.15) is 5.54 Å². The van der Waals surface area contributed by atoms with Gasteiger partial charge in [0.05, 0.1) is 5.69 Å². The van der Waals surface area contributed by atoms with Gasteiger partial charge in [-0.25, -0.2) is 4.98 Å². The zero-order chi connectivity index (χ0) is 14.8. The van der Waals surface area contributed by atoms with Crippen molar-refractivity contribution in [3.63, 3.8) is 0 Å². The van der Waals surface area contributed by atoms with Crippen LogP contribution in [0.1, 0.15) is 18.1 Å². The number of nitrogens with one attached hydrogen (secondary N) is 1. The summed E-state index contributed by atoms with van der Waals surface area (Å²) in [6, 6.07) is 11.0. The lowest BCUT2D eigenvalue weighted by Gasteiger charge is -2.24. The Bertz CT molecular complexity index is 606. The molecule has 0 fully saturated rings. The fraction of sp³-hybridized carbons (Fsp3) is 0.200. The lowest BCUT2D eigenvalue weighted by molar-refractivity contribution is -0.120. The fourth-order valence-corrected chi connectivity index (χ4v) is 2.09. The van der Waals surface area contributed by atoms with Gasteiger partial charge < -0.3 is 11.1 Å². The molecular formula is C15H16ClN3O. The third kappa shape index (κ3) is 2.81. The maximum atomic E-state index is 12.4. The number of aromatic nitrogens is 1. The van der Waals surface area contributed by atoms with Crippen molar-refractivity contribution in [1.82, 2.24) is 4.98 Å². The number of carbonyl (C=O) groups excluding carboxylic acids is 1. The van der Waals surface area contributed by atoms with Crippen LogP contribution < -0.4 is 11.1 Å². The van der Waals surface area contributed by atoms with E-state index >= 15 is 0 Å². The lowest BCUT2D eigenvalue weighted by Crippen LogP contribution is -2.45. The number of rotatable bonds is 3. The van der Waals surface area contributed by atoms with Crippen LogP contribution in [0.4, 0.5) is 5.69 Å². The molecule has 1 unspecified atom stereocenters. The molecule has 1 aromatic carbocycles. The highest BCUT2D eigenvalue weighted by Crippen LogP contribution is 2.26. The Morgan fingerprint density at radius 2 is 1.95 bits per heavy atom. The number of hydrogen-bond donors (Lipinski definition) is 2. The van der Waals surface area contributed by atoms with Gasteiger partial charge in [-0.15, -0.1) is 0 Å². The zero-order valence-corrected chi connectivity index (χ0v) is 12.1. The van der Waals surface area contributed by atoms with Gasteiger partial charge in [0, 0.05) is 6.20 Å². The van der Waals surface area contributed by atoms with E-state index in [1.165, 1.54) is 0 Å². The van der Waals surface area contributed by atoms with E-state index in [9.17, 15) is 4.79 Å². The largest absolute Gasteiger partial charge is 0.321 e. The molecule has 2 aromatic rings. The van der Waals surface area contributed by atoms with E-state index in [4.69, 9.17) is 17.3 Å². The molecule has 1 atom stereocenters. The van der Waals surface area contributed by atoms with Crippen molar-refractivity contribution >= 4 is 23.2 Å². The molecule has 0 saturated carbocycles. The molecule has 0 aliphatic heterocycles. The van der Waals surface area contributed by atoms with Crippen LogP contribution in [-0.4, -0.2) is 10.9 Å². The highest BCUT2D eigenvalue weighted by Gasteiger charge is 2.31. The summed E-state index contributed by atoms with van der Waals surface area (Å²) in [7, 11) is 0. The molecule has 20 heavy (non-hydrogen) atoms. The molecule has 1 aromatic heterocycles. The first-order chi connectivity index (χ1) is 9.43. The summed E-state index contributed by atoms with van der Waals surface area (Å²) in [5.41, 5.74) is 7.07. The average Bonchev–Trinajstić information content (AvgIpc) is 2.43. The van der Waals surface area contributed by atoms with E-state index in [-0.39, 0.29) is 11.1 Å². The summed E-state index contributed by atoms with van der Waals surface area (Å²) in [6.45, 7) is 3.51. The molecule has 0 aliphatic rings. The summed E-state index contributed by atoms with van der Waals surface area (Å²) >= 11 is 6.00. The first kappa shape index (κ1) is 14.5. The number of pyridine rings is 1. The quantitative estimate of drug-likeness (QED) is 0.854. The minimum absolute atomic E-state index is 0.252. The summed E-state index contributed by atoms with van der Waals surface area (Å²) in [4.78, 5) is 16.4. The Morgan fingerprint density at radius 3 is 2.55 bits per heavy atom. The number of anilines is 1. The van der Waals surface area contributed by atoms with Crippen LogP contribution in [0.15, 0.2) is 42.6 Å². The van der Waals surface area contributed by atoms with Crippen LogP contribution in [0.5, 0.6) is 0 Å². The molecule has 104 valence electrons. The standard InChI is InChI=1S/C15H16ClN3O/c1-10-8-9-18-13(16)12(10)19-14(20)15(2,17)11-6-4-3-5-7-11/h3-9H,17H2,1-2H3,(H,19,20). The Hall–Kier alpha value is -1.91. The van der Waals surface area contributed by atoms with Crippen molar-refractivity contribution in [3.8, 4) is 0 Å². The van der Waals surface area contributed by atoms with Crippen molar-refractivity contribution in [2.24, 2.45) is 5.73 Å². The molecule has 5 heteroatoms. The molecule has 0 bridgehead atoms. The Morgan fingerprint density at radius 1 is 1.30 bits per heavy atom. The molecule has 0 spiro atoms. The summed E-state index contributed by atoms with van der Waals surface area (Å²) in [5.74, 6) is -0.332. The summed E-state index contributed by atoms with van der Waals surface area (Å²) in [6.07, 6.45) is 1.59. The van der Waals surface area contributed by atoms with Crippen LogP contribution in [0, 0.1) is 6.92 Å². The minimum atomic E-state index is -1.15. The van der Waals surface area contributed by atoms with Crippen molar-refractivity contribution in [2.75, 3.05) is 5.32 Å². The van der Waals surface area contributed by atoms with E-state index in [0.29, 0.717) is 5.69 Å². The second kappa shape index (κ2) is 5.61. The molecule has 0 aliphatic carbocycles. The van der Waals surface area contributed by atoms with Gasteiger partial charge in [-0.05, 0) is 31.0 Å². The summed E-state index contributed by atoms with van der Waals surface area (Å²) in [5, 5.41) is 3.01. The van der Waals surface area contributed by atoms with E-state index < -0.39 is 5.54 Å². The van der Waals surface area contributed by atoms with Crippen LogP contribution >= 0.6 is 11.6 Å². The van der Waals surface area contributed by atoms with Gasteiger partial charge in [-0.3, -0.25) is 4.79 Å². The van der Waals surface area contributed by atoms with Gasteiger partial charge in [-0.1, -0.05) is 41.9 Å². The second-order valence-electron chi connectivity index (χ2n) is 4.82. The SMILES string of the molecule is Cc1ccnc(Cl)c1NC(=O)C(C)(N)c1ccccc1. The van der Waals surface area contributed by atoms with E-state index in [0.717, 1.165) is 11.1 Å². The number of amides is 1. The predicted octanol–water partition coefficient (Wildman–Crippen LogP) is 2.86. The number of benzene rings is 1. The molecule has 2 rings (SSSR count). The van der Waals surface area contributed by atoms with Gasteiger partial charge in [0.25, 0.3) is 0 Å². The molecule has 0 radical (unpaired) electrons. The Kier molecular flexibility index (Phi) is 4.06. The second-order valence-corrected chi connectivity index (χ2v) is 5.17. The molecular weight excluding hydrogens is 274 g/mol. The van der Waals surface area contributed by atoms with Crippen LogP contribution in [0.25, 0.3) is 0 Å². The van der Waals surface area contributed by atoms with Gasteiger partial charge in [0.15, 0.2) is 5.15 Å². The van der Waals surface area contributed by atoms with Crippen molar-refractivity contribution in [3.05, 3.63) is 58.9 Å². The van der Waals surface area contributed by atoms with Gasteiger partial charge >= 0.3 is 0 Å². The smallest absolute Gasteiger partial charge is 0.248 e. The lowest BCUT2D eigenvalue weighted by atomic mass is 9.92. The third-order valence-corrected chi connectivity index (χ3v) is 3.48. The van der Waals surface area contributed by atoms with Crippen molar-refractivity contribution < 1.29 is 4.79 Å². The highest BCUT2D eigenvalue weighted by molar-refractivity contribution is 6.32. The minimum Gasteiger partial charge on any atom is -0.321 e. The normalized spacial score (nSPS) is 13.6. The molecule has 0 saturated heterocycles. The van der Waals surface area contributed by atoms with Crippen LogP contribution in [0.3, 0.4) is 0 Å². The average molecular weight is 290 g/mol. The first-order valence-electron chi connectivity index (χ1n) is 6.20. The predicted molar refractivity (Wildman–Crippen MR) is 80.6 cm³/mol. The number of carbonyl (C=O) groups is 1. The fourth-order valence-electron chi connectivity index (χ4n) is 1.83. The molecule has 1 heterocycles. The van der Waals surface area contributed by atoms with E-state index in [2.05, 4.69) is 10.3 Å². The van der Waals surface area contributed by atoms with Crippen molar-refractivity contribution in [2.45, 2.75) is 19.4 Å². The van der Waals surface area contributed by atoms with E-state index in [1.807, 2.05) is 37.3 Å². The third-order valence-electron chi connectivity index (χ3n) is 3.20. The molecule has 1 amide bonds. The number of aryl methyl sites for hydroxylation is 1. The van der Waals surface area contributed by atoms with E-state index in [1.54, 1.807) is 19.2 Å². The first-order valence-corrected chi connectivity index (χ1v) is 6.57. The molecule has 3 N–H and O–H groups in total.